The van der Waals surface area contributed by atoms with Crippen molar-refractivity contribution in [1.82, 2.24) is 0 Å². The zero-order valence-electron chi connectivity index (χ0n) is 8.36. The van der Waals surface area contributed by atoms with Gasteiger partial charge in [0.1, 0.15) is 6.29 Å². The highest BCUT2D eigenvalue weighted by atomic mass is 16.5. The molecule has 0 radical (unpaired) electrons. The normalized spacial score (nSPS) is 12.1. The van der Waals surface area contributed by atoms with Crippen LogP contribution in [-0.2, 0) is 4.79 Å². The third-order valence-corrected chi connectivity index (χ3v) is 2.01. The molecular formula is C11H14O3. The summed E-state index contributed by atoms with van der Waals surface area (Å²) in [4.78, 5) is 10.5. The zero-order chi connectivity index (χ0) is 10.6. The van der Waals surface area contributed by atoms with Gasteiger partial charge in [0.05, 0.1) is 6.61 Å². The molecule has 3 heteroatoms. The van der Waals surface area contributed by atoms with Crippen LogP contribution in [0.25, 0.3) is 0 Å². The van der Waals surface area contributed by atoms with E-state index in [9.17, 15) is 9.90 Å². The molecule has 0 aliphatic rings. The van der Waals surface area contributed by atoms with E-state index in [-0.39, 0.29) is 11.7 Å². The van der Waals surface area contributed by atoms with Gasteiger partial charge in [0.15, 0.2) is 11.5 Å². The predicted octanol–water partition coefficient (Wildman–Crippen LogP) is 2.09. The molecule has 14 heavy (non-hydrogen) atoms. The molecule has 0 saturated heterocycles. The number of phenols is 1. The first-order chi connectivity index (χ1) is 6.69. The van der Waals surface area contributed by atoms with E-state index in [1.165, 1.54) is 0 Å². The molecule has 0 aromatic heterocycles. The highest BCUT2D eigenvalue weighted by molar-refractivity contribution is 5.62. The lowest BCUT2D eigenvalue weighted by Gasteiger charge is -2.09. The van der Waals surface area contributed by atoms with Crippen molar-refractivity contribution in [2.75, 3.05) is 6.61 Å². The quantitative estimate of drug-likeness (QED) is 0.746. The fourth-order valence-corrected chi connectivity index (χ4v) is 1.17. The fourth-order valence-electron chi connectivity index (χ4n) is 1.17. The number of benzene rings is 1. The molecule has 0 heterocycles. The Morgan fingerprint density at radius 2 is 2.29 bits per heavy atom. The number of ether oxygens (including phenoxy) is 1. The van der Waals surface area contributed by atoms with Gasteiger partial charge in [-0.15, -0.1) is 0 Å². The Balaban J connectivity index is 2.93. The van der Waals surface area contributed by atoms with Crippen LogP contribution in [0.5, 0.6) is 11.5 Å². The lowest BCUT2D eigenvalue weighted by atomic mass is 10.0. The highest BCUT2D eigenvalue weighted by Gasteiger charge is 2.07. The molecule has 1 N–H and O–H groups in total. The maximum Gasteiger partial charge on any atom is 0.160 e. The summed E-state index contributed by atoms with van der Waals surface area (Å²) in [6, 6.07) is 5.02. The van der Waals surface area contributed by atoms with Gasteiger partial charge >= 0.3 is 0 Å². The largest absolute Gasteiger partial charge is 0.504 e. The minimum atomic E-state index is -0.198. The van der Waals surface area contributed by atoms with Crippen molar-refractivity contribution in [1.29, 1.82) is 0 Å². The molecule has 1 aromatic carbocycles. The second kappa shape index (κ2) is 4.65. The van der Waals surface area contributed by atoms with Gasteiger partial charge in [0.25, 0.3) is 0 Å². The Hall–Kier alpha value is -1.51. The highest BCUT2D eigenvalue weighted by Crippen LogP contribution is 2.29. The second-order valence-corrected chi connectivity index (χ2v) is 3.08. The van der Waals surface area contributed by atoms with Crippen LogP contribution in [0.3, 0.4) is 0 Å². The summed E-state index contributed by atoms with van der Waals surface area (Å²) in [5.41, 5.74) is 0.793. The number of phenolic OH excluding ortho intramolecular Hbond substituents is 1. The van der Waals surface area contributed by atoms with E-state index in [1.54, 1.807) is 25.1 Å². The van der Waals surface area contributed by atoms with E-state index < -0.39 is 0 Å². The monoisotopic (exact) mass is 194 g/mol. The van der Waals surface area contributed by atoms with Gasteiger partial charge in [0, 0.05) is 5.92 Å². The van der Waals surface area contributed by atoms with Crippen LogP contribution in [0.2, 0.25) is 0 Å². The molecule has 0 bridgehead atoms. The van der Waals surface area contributed by atoms with Gasteiger partial charge in [-0.3, -0.25) is 0 Å². The molecule has 0 saturated carbocycles. The third-order valence-electron chi connectivity index (χ3n) is 2.01. The van der Waals surface area contributed by atoms with Crippen LogP contribution in [-0.4, -0.2) is 18.0 Å². The van der Waals surface area contributed by atoms with E-state index in [0.717, 1.165) is 11.8 Å². The van der Waals surface area contributed by atoms with E-state index in [1.807, 2.05) is 6.92 Å². The second-order valence-electron chi connectivity index (χ2n) is 3.08. The van der Waals surface area contributed by atoms with Gasteiger partial charge in [-0.25, -0.2) is 0 Å². The molecule has 1 unspecified atom stereocenters. The molecule has 0 amide bonds. The SMILES string of the molecule is CCOc1ccc(C(C)C=O)cc1O. The minimum Gasteiger partial charge on any atom is -0.504 e. The van der Waals surface area contributed by atoms with E-state index in [4.69, 9.17) is 4.74 Å². The Morgan fingerprint density at radius 3 is 2.79 bits per heavy atom. The van der Waals surface area contributed by atoms with Crippen molar-refractivity contribution in [2.24, 2.45) is 0 Å². The van der Waals surface area contributed by atoms with E-state index >= 15 is 0 Å². The standard InChI is InChI=1S/C11H14O3/c1-3-14-11-5-4-9(6-10(11)13)8(2)7-12/h4-8,13H,3H2,1-2H3. The number of carbonyl (C=O) groups is 1. The molecule has 0 aliphatic carbocycles. The summed E-state index contributed by atoms with van der Waals surface area (Å²) >= 11 is 0. The number of hydrogen-bond donors (Lipinski definition) is 1. The van der Waals surface area contributed by atoms with Gasteiger partial charge in [-0.2, -0.15) is 0 Å². The van der Waals surface area contributed by atoms with Crippen LogP contribution in [0.1, 0.15) is 25.3 Å². The topological polar surface area (TPSA) is 46.5 Å². The Morgan fingerprint density at radius 1 is 1.57 bits per heavy atom. The number of carbonyl (C=O) groups excluding carboxylic acids is 1. The average Bonchev–Trinajstić information content (AvgIpc) is 2.20. The van der Waals surface area contributed by atoms with Crippen molar-refractivity contribution in [3.05, 3.63) is 23.8 Å². The molecule has 1 aromatic rings. The van der Waals surface area contributed by atoms with Crippen LogP contribution in [0, 0.1) is 0 Å². The first-order valence-corrected chi connectivity index (χ1v) is 4.60. The van der Waals surface area contributed by atoms with Gasteiger partial charge < -0.3 is 14.6 Å². The zero-order valence-corrected chi connectivity index (χ0v) is 8.36. The van der Waals surface area contributed by atoms with E-state index in [0.29, 0.717) is 12.4 Å². The maximum atomic E-state index is 10.5. The molecule has 1 atom stereocenters. The molecule has 0 aliphatic heterocycles. The molecule has 1 rings (SSSR count). The van der Waals surface area contributed by atoms with Crippen LogP contribution >= 0.6 is 0 Å². The van der Waals surface area contributed by atoms with Crippen molar-refractivity contribution >= 4 is 6.29 Å². The molecule has 0 spiro atoms. The summed E-state index contributed by atoms with van der Waals surface area (Å²) in [5.74, 6) is 0.337. The lowest BCUT2D eigenvalue weighted by molar-refractivity contribution is -0.108. The summed E-state index contributed by atoms with van der Waals surface area (Å²) in [6.07, 6.45) is 0.842. The van der Waals surface area contributed by atoms with Crippen LogP contribution in [0.15, 0.2) is 18.2 Å². The first-order valence-electron chi connectivity index (χ1n) is 4.60. The Kier molecular flexibility index (Phi) is 3.51. The molecular weight excluding hydrogens is 180 g/mol. The number of aromatic hydroxyl groups is 1. The Bertz CT molecular complexity index is 320. The predicted molar refractivity (Wildman–Crippen MR) is 53.8 cm³/mol. The van der Waals surface area contributed by atoms with Crippen LogP contribution in [0.4, 0.5) is 0 Å². The van der Waals surface area contributed by atoms with Crippen LogP contribution < -0.4 is 4.74 Å². The smallest absolute Gasteiger partial charge is 0.160 e. The molecule has 0 fully saturated rings. The summed E-state index contributed by atoms with van der Waals surface area (Å²) in [6.45, 7) is 4.14. The minimum absolute atomic E-state index is 0.0815. The van der Waals surface area contributed by atoms with Gasteiger partial charge in [-0.1, -0.05) is 13.0 Å². The van der Waals surface area contributed by atoms with Crippen molar-refractivity contribution in [3.8, 4) is 11.5 Å². The summed E-state index contributed by atoms with van der Waals surface area (Å²) in [7, 11) is 0. The average molecular weight is 194 g/mol. The first kappa shape index (κ1) is 10.6. The maximum absolute atomic E-state index is 10.5. The number of aldehydes is 1. The Labute approximate surface area is 83.3 Å². The molecule has 76 valence electrons. The van der Waals surface area contributed by atoms with Crippen molar-refractivity contribution in [3.63, 3.8) is 0 Å². The fraction of sp³-hybridized carbons (Fsp3) is 0.364. The molecule has 3 nitrogen and oxygen atoms in total. The summed E-state index contributed by atoms with van der Waals surface area (Å²) < 4.78 is 5.17. The van der Waals surface area contributed by atoms with Crippen molar-refractivity contribution in [2.45, 2.75) is 19.8 Å². The lowest BCUT2D eigenvalue weighted by Crippen LogP contribution is -1.96. The summed E-state index contributed by atoms with van der Waals surface area (Å²) in [5, 5.41) is 9.53. The van der Waals surface area contributed by atoms with Gasteiger partial charge in [0.2, 0.25) is 0 Å². The van der Waals surface area contributed by atoms with Crippen molar-refractivity contribution < 1.29 is 14.6 Å². The number of rotatable bonds is 4. The van der Waals surface area contributed by atoms with E-state index in [2.05, 4.69) is 0 Å². The third kappa shape index (κ3) is 2.25. The van der Waals surface area contributed by atoms with Gasteiger partial charge in [-0.05, 0) is 24.6 Å². The number of hydrogen-bond acceptors (Lipinski definition) is 3.